The zero-order valence-corrected chi connectivity index (χ0v) is 10.3. The molecule has 0 spiro atoms. The summed E-state index contributed by atoms with van der Waals surface area (Å²) in [6.45, 7) is 0.423. The predicted octanol–water partition coefficient (Wildman–Crippen LogP) is 2.79. The minimum absolute atomic E-state index is 0.146. The predicted molar refractivity (Wildman–Crippen MR) is 73.8 cm³/mol. The molecule has 2 heterocycles. The van der Waals surface area contributed by atoms with Crippen LogP contribution in [0, 0.1) is 0 Å². The molecule has 94 valence electrons. The molecule has 0 aliphatic carbocycles. The highest BCUT2D eigenvalue weighted by molar-refractivity contribution is 5.91. The first-order chi connectivity index (χ1) is 9.34. The van der Waals surface area contributed by atoms with Crippen molar-refractivity contribution in [2.45, 2.75) is 6.54 Å². The summed E-state index contributed by atoms with van der Waals surface area (Å²) in [4.78, 5) is 16.3. The summed E-state index contributed by atoms with van der Waals surface area (Å²) in [5, 5.41) is 3.91. The monoisotopic (exact) mass is 251 g/mol. The van der Waals surface area contributed by atoms with Crippen molar-refractivity contribution in [3.8, 4) is 0 Å². The summed E-state index contributed by atoms with van der Waals surface area (Å²) in [5.74, 6) is 0. The number of hydrogen-bond donors (Lipinski definition) is 1. The number of pyridine rings is 1. The number of aromatic nitrogens is 2. The van der Waals surface area contributed by atoms with E-state index in [2.05, 4.69) is 10.3 Å². The fourth-order valence-electron chi connectivity index (χ4n) is 2.01. The van der Waals surface area contributed by atoms with Crippen molar-refractivity contribution >= 4 is 16.9 Å². The lowest BCUT2D eigenvalue weighted by molar-refractivity contribution is 0.243. The molecule has 19 heavy (non-hydrogen) atoms. The van der Waals surface area contributed by atoms with Crippen LogP contribution >= 0.6 is 0 Å². The number of nitrogens with zero attached hydrogens (tertiary/aromatic N) is 2. The summed E-state index contributed by atoms with van der Waals surface area (Å²) in [6, 6.07) is 15.2. The number of hydrogen-bond acceptors (Lipinski definition) is 2. The third-order valence-electron chi connectivity index (χ3n) is 2.97. The van der Waals surface area contributed by atoms with Gasteiger partial charge in [-0.15, -0.1) is 0 Å². The van der Waals surface area contributed by atoms with Crippen molar-refractivity contribution in [2.75, 3.05) is 0 Å². The average Bonchev–Trinajstić information content (AvgIpc) is 2.90. The lowest BCUT2D eigenvalue weighted by Gasteiger charge is -2.06. The van der Waals surface area contributed by atoms with E-state index in [1.807, 2.05) is 48.5 Å². The van der Waals surface area contributed by atoms with Gasteiger partial charge in [-0.2, -0.15) is 0 Å². The fraction of sp³-hybridized carbons (Fsp3) is 0.0667. The van der Waals surface area contributed by atoms with Crippen molar-refractivity contribution < 1.29 is 4.79 Å². The van der Waals surface area contributed by atoms with E-state index in [4.69, 9.17) is 0 Å². The van der Waals surface area contributed by atoms with E-state index in [1.165, 1.54) is 0 Å². The minimum atomic E-state index is -0.146. The molecular formula is C15H13N3O. The Bertz CT molecular complexity index is 703. The molecular weight excluding hydrogens is 238 g/mol. The Kier molecular flexibility index (Phi) is 2.98. The van der Waals surface area contributed by atoms with Gasteiger partial charge in [0, 0.05) is 17.8 Å². The number of fused-ring (bicyclic) bond motifs is 1. The minimum Gasteiger partial charge on any atom is -0.332 e. The van der Waals surface area contributed by atoms with E-state index >= 15 is 0 Å². The van der Waals surface area contributed by atoms with Gasteiger partial charge >= 0.3 is 6.03 Å². The van der Waals surface area contributed by atoms with Gasteiger partial charge in [-0.1, -0.05) is 24.3 Å². The Morgan fingerprint density at radius 1 is 1.11 bits per heavy atom. The van der Waals surface area contributed by atoms with Gasteiger partial charge in [0.05, 0.1) is 17.8 Å². The molecule has 0 saturated heterocycles. The average molecular weight is 251 g/mol. The maximum absolute atomic E-state index is 12.1. The molecule has 0 aliphatic heterocycles. The third kappa shape index (κ3) is 2.33. The van der Waals surface area contributed by atoms with E-state index in [9.17, 15) is 4.79 Å². The molecule has 0 saturated carbocycles. The number of nitrogens with one attached hydrogen (secondary N) is 1. The van der Waals surface area contributed by atoms with Gasteiger partial charge in [-0.3, -0.25) is 9.55 Å². The summed E-state index contributed by atoms with van der Waals surface area (Å²) in [7, 11) is 0. The van der Waals surface area contributed by atoms with Crippen LogP contribution in [0.25, 0.3) is 10.9 Å². The third-order valence-corrected chi connectivity index (χ3v) is 2.97. The SMILES string of the molecule is O=C(NCc1ccccn1)n1ccc2ccccc21. The highest BCUT2D eigenvalue weighted by atomic mass is 16.2. The highest BCUT2D eigenvalue weighted by Crippen LogP contribution is 2.14. The number of para-hydroxylation sites is 1. The lowest BCUT2D eigenvalue weighted by atomic mass is 10.2. The van der Waals surface area contributed by atoms with Crippen LogP contribution in [0.5, 0.6) is 0 Å². The quantitative estimate of drug-likeness (QED) is 0.761. The Morgan fingerprint density at radius 2 is 1.95 bits per heavy atom. The molecule has 0 atom stereocenters. The molecule has 0 aliphatic rings. The summed E-state index contributed by atoms with van der Waals surface area (Å²) >= 11 is 0. The first kappa shape index (κ1) is 11.5. The van der Waals surface area contributed by atoms with Crippen molar-refractivity contribution in [2.24, 2.45) is 0 Å². The first-order valence-electron chi connectivity index (χ1n) is 6.09. The Labute approximate surface area is 110 Å². The van der Waals surface area contributed by atoms with E-state index in [1.54, 1.807) is 17.0 Å². The van der Waals surface area contributed by atoms with Crippen LogP contribution in [-0.2, 0) is 6.54 Å². The van der Waals surface area contributed by atoms with Crippen LogP contribution < -0.4 is 5.32 Å². The van der Waals surface area contributed by atoms with Crippen molar-refractivity contribution in [3.05, 3.63) is 66.6 Å². The molecule has 3 aromatic rings. The van der Waals surface area contributed by atoms with Crippen LogP contribution in [0.4, 0.5) is 4.79 Å². The van der Waals surface area contributed by atoms with E-state index < -0.39 is 0 Å². The second-order valence-corrected chi connectivity index (χ2v) is 4.22. The second-order valence-electron chi connectivity index (χ2n) is 4.22. The van der Waals surface area contributed by atoms with Gasteiger partial charge < -0.3 is 5.32 Å². The topological polar surface area (TPSA) is 46.9 Å². The number of carbonyl (C=O) groups is 1. The van der Waals surface area contributed by atoms with Crippen LogP contribution in [0.2, 0.25) is 0 Å². The Hall–Kier alpha value is -2.62. The molecule has 4 heteroatoms. The second kappa shape index (κ2) is 4.94. The van der Waals surface area contributed by atoms with Gasteiger partial charge in [-0.25, -0.2) is 4.79 Å². The molecule has 1 amide bonds. The molecule has 0 radical (unpaired) electrons. The van der Waals surface area contributed by atoms with Crippen LogP contribution in [0.15, 0.2) is 60.9 Å². The maximum atomic E-state index is 12.1. The van der Waals surface area contributed by atoms with Crippen LogP contribution in [0.1, 0.15) is 5.69 Å². The van der Waals surface area contributed by atoms with Crippen molar-refractivity contribution in [1.82, 2.24) is 14.9 Å². The normalized spacial score (nSPS) is 10.5. The van der Waals surface area contributed by atoms with Gasteiger partial charge in [0.25, 0.3) is 0 Å². The van der Waals surface area contributed by atoms with Gasteiger partial charge in [0.15, 0.2) is 0 Å². The largest absolute Gasteiger partial charge is 0.332 e. The number of benzene rings is 1. The summed E-state index contributed by atoms with van der Waals surface area (Å²) < 4.78 is 1.61. The fourth-order valence-corrected chi connectivity index (χ4v) is 2.01. The van der Waals surface area contributed by atoms with Gasteiger partial charge in [0.1, 0.15) is 0 Å². The Balaban J connectivity index is 1.77. The van der Waals surface area contributed by atoms with Gasteiger partial charge in [-0.05, 0) is 24.3 Å². The zero-order valence-electron chi connectivity index (χ0n) is 10.3. The zero-order chi connectivity index (χ0) is 13.1. The molecule has 0 bridgehead atoms. The first-order valence-corrected chi connectivity index (χ1v) is 6.09. The van der Waals surface area contributed by atoms with E-state index in [-0.39, 0.29) is 6.03 Å². The number of amides is 1. The summed E-state index contributed by atoms with van der Waals surface area (Å²) in [6.07, 6.45) is 3.49. The molecule has 0 unspecified atom stereocenters. The maximum Gasteiger partial charge on any atom is 0.326 e. The number of rotatable bonds is 2. The van der Waals surface area contributed by atoms with Crippen LogP contribution in [0.3, 0.4) is 0 Å². The standard InChI is InChI=1S/C15H13N3O/c19-15(17-11-13-6-3-4-9-16-13)18-10-8-12-5-1-2-7-14(12)18/h1-10H,11H2,(H,17,19). The van der Waals surface area contributed by atoms with Crippen LogP contribution in [-0.4, -0.2) is 15.6 Å². The Morgan fingerprint density at radius 3 is 2.79 bits per heavy atom. The molecule has 1 N–H and O–H groups in total. The lowest BCUT2D eigenvalue weighted by Crippen LogP contribution is -2.27. The van der Waals surface area contributed by atoms with Crippen molar-refractivity contribution in [1.29, 1.82) is 0 Å². The van der Waals surface area contributed by atoms with Crippen molar-refractivity contribution in [3.63, 3.8) is 0 Å². The summed E-state index contributed by atoms with van der Waals surface area (Å²) in [5.41, 5.74) is 1.74. The molecule has 4 nitrogen and oxygen atoms in total. The molecule has 2 aromatic heterocycles. The molecule has 3 rings (SSSR count). The van der Waals surface area contributed by atoms with E-state index in [0.717, 1.165) is 16.6 Å². The highest BCUT2D eigenvalue weighted by Gasteiger charge is 2.07. The molecule has 0 fully saturated rings. The van der Waals surface area contributed by atoms with Gasteiger partial charge in [0.2, 0.25) is 0 Å². The molecule has 1 aromatic carbocycles. The number of carbonyl (C=O) groups excluding carboxylic acids is 1. The van der Waals surface area contributed by atoms with E-state index in [0.29, 0.717) is 6.54 Å². The smallest absolute Gasteiger partial charge is 0.326 e.